The smallest absolute Gasteiger partial charge is 0.262 e. The molecule has 0 spiro atoms. The molecule has 0 saturated heterocycles. The summed E-state index contributed by atoms with van der Waals surface area (Å²) in [6.45, 7) is 12.5. The number of aromatic nitrogens is 1. The summed E-state index contributed by atoms with van der Waals surface area (Å²) >= 11 is 0. The first-order valence-corrected chi connectivity index (χ1v) is 10.4. The molecule has 4 N–H and O–H groups in total. The molecule has 7 heteroatoms. The number of hydrogen-bond acceptors (Lipinski definition) is 5. The molecule has 0 unspecified atom stereocenters. The summed E-state index contributed by atoms with van der Waals surface area (Å²) in [5.74, 6) is 0.484. The van der Waals surface area contributed by atoms with E-state index in [1.165, 1.54) is 6.07 Å². The molecule has 1 aliphatic heterocycles. The Hall–Kier alpha value is -3.48. The van der Waals surface area contributed by atoms with Gasteiger partial charge in [-0.05, 0) is 34.6 Å². The molecular formula is C28H42N2O5. The van der Waals surface area contributed by atoms with Crippen LogP contribution in [0.1, 0.15) is 74.9 Å². The normalized spacial score (nSPS) is 12.3. The van der Waals surface area contributed by atoms with Crippen molar-refractivity contribution in [3.8, 4) is 17.2 Å². The Bertz CT molecular complexity index is 1230. The summed E-state index contributed by atoms with van der Waals surface area (Å²) in [5, 5.41) is 22.9. The van der Waals surface area contributed by atoms with E-state index in [2.05, 4.69) is 51.8 Å². The fourth-order valence-electron chi connectivity index (χ4n) is 3.64. The van der Waals surface area contributed by atoms with Crippen LogP contribution in [0.5, 0.6) is 17.2 Å². The van der Waals surface area contributed by atoms with Gasteiger partial charge in [0.25, 0.3) is 5.91 Å². The van der Waals surface area contributed by atoms with Crippen molar-refractivity contribution < 1.29 is 19.7 Å². The summed E-state index contributed by atoms with van der Waals surface area (Å²) in [6, 6.07) is 10.2. The van der Waals surface area contributed by atoms with Gasteiger partial charge in [0.2, 0.25) is 5.56 Å². The number of ether oxygens (including phenoxy) is 1. The van der Waals surface area contributed by atoms with Crippen molar-refractivity contribution in [2.75, 3.05) is 11.9 Å². The van der Waals surface area contributed by atoms with Crippen LogP contribution in [0.15, 0.2) is 41.2 Å². The molecule has 0 fully saturated rings. The monoisotopic (exact) mass is 486 g/mol. The molecule has 2 aromatic carbocycles. The number of aromatic amines is 1. The number of amides is 1. The minimum absolute atomic E-state index is 0. The van der Waals surface area contributed by atoms with Gasteiger partial charge in [0.15, 0.2) is 12.4 Å². The molecule has 194 valence electrons. The maximum atomic E-state index is 11.2. The molecule has 0 aliphatic carbocycles. The molecule has 0 saturated carbocycles. The van der Waals surface area contributed by atoms with Gasteiger partial charge in [-0.3, -0.25) is 9.59 Å². The number of carbonyl (C=O) groups excluding carboxylic acids is 1. The van der Waals surface area contributed by atoms with E-state index in [1.807, 2.05) is 12.1 Å². The lowest BCUT2D eigenvalue weighted by atomic mass is 9.84. The third-order valence-electron chi connectivity index (χ3n) is 5.24. The Balaban J connectivity index is 0.000000608. The molecule has 1 amide bonds. The van der Waals surface area contributed by atoms with Gasteiger partial charge in [-0.25, -0.2) is 0 Å². The highest BCUT2D eigenvalue weighted by Crippen LogP contribution is 2.43. The minimum Gasteiger partial charge on any atom is -0.506 e. The van der Waals surface area contributed by atoms with E-state index < -0.39 is 0 Å². The van der Waals surface area contributed by atoms with Crippen LogP contribution in [0.3, 0.4) is 0 Å². The molecule has 0 radical (unpaired) electrons. The van der Waals surface area contributed by atoms with Crippen LogP contribution in [0.4, 0.5) is 5.69 Å². The van der Waals surface area contributed by atoms with Gasteiger partial charge in [0.1, 0.15) is 17.2 Å². The van der Waals surface area contributed by atoms with Gasteiger partial charge >= 0.3 is 0 Å². The molecular weight excluding hydrogens is 444 g/mol. The topological polar surface area (TPSA) is 112 Å². The van der Waals surface area contributed by atoms with Crippen molar-refractivity contribution in [2.24, 2.45) is 0 Å². The van der Waals surface area contributed by atoms with Gasteiger partial charge in [0, 0.05) is 17.0 Å². The highest BCUT2D eigenvalue weighted by molar-refractivity contribution is 5.97. The summed E-state index contributed by atoms with van der Waals surface area (Å²) in [6.07, 6.45) is 0. The SMILES string of the molecule is C.C.C.CC(C)(C)c1ccc(O)c2[nH]c(=O)ccc12.CC(C)(C)c1ccc(O)c2c1OCC(=O)N2. The number of hydrogen-bond donors (Lipinski definition) is 4. The van der Waals surface area contributed by atoms with Gasteiger partial charge in [-0.2, -0.15) is 0 Å². The van der Waals surface area contributed by atoms with E-state index in [-0.39, 0.29) is 62.7 Å². The largest absolute Gasteiger partial charge is 0.506 e. The lowest BCUT2D eigenvalue weighted by Crippen LogP contribution is -2.27. The summed E-state index contributed by atoms with van der Waals surface area (Å²) in [5.41, 5.74) is 2.65. The van der Waals surface area contributed by atoms with Gasteiger partial charge in [-0.15, -0.1) is 0 Å². The third-order valence-corrected chi connectivity index (χ3v) is 5.24. The number of phenolic OH excluding ortho intramolecular Hbond substituents is 2. The Morgan fingerprint density at radius 1 is 0.771 bits per heavy atom. The van der Waals surface area contributed by atoms with Crippen LogP contribution in [0.25, 0.3) is 10.9 Å². The van der Waals surface area contributed by atoms with Crippen LogP contribution in [-0.2, 0) is 15.6 Å². The van der Waals surface area contributed by atoms with Crippen molar-refractivity contribution in [3.05, 3.63) is 57.9 Å². The first-order chi connectivity index (χ1) is 14.8. The molecule has 1 aliphatic rings. The molecule has 0 bridgehead atoms. The zero-order chi connectivity index (χ0) is 23.8. The van der Waals surface area contributed by atoms with E-state index in [1.54, 1.807) is 18.2 Å². The first kappa shape index (κ1) is 31.5. The Labute approximate surface area is 209 Å². The number of carbonyl (C=O) groups is 1. The number of phenols is 2. The lowest BCUT2D eigenvalue weighted by molar-refractivity contribution is -0.118. The maximum absolute atomic E-state index is 11.2. The number of anilines is 1. The first-order valence-electron chi connectivity index (χ1n) is 10.4. The lowest BCUT2D eigenvalue weighted by Gasteiger charge is -2.27. The number of aromatic hydroxyl groups is 2. The van der Waals surface area contributed by atoms with Crippen LogP contribution >= 0.6 is 0 Å². The number of rotatable bonds is 0. The van der Waals surface area contributed by atoms with E-state index in [4.69, 9.17) is 4.74 Å². The van der Waals surface area contributed by atoms with Crippen molar-refractivity contribution >= 4 is 22.5 Å². The van der Waals surface area contributed by atoms with E-state index in [0.29, 0.717) is 17.0 Å². The fraction of sp³-hybridized carbons (Fsp3) is 0.429. The Morgan fingerprint density at radius 2 is 1.31 bits per heavy atom. The van der Waals surface area contributed by atoms with Crippen molar-refractivity contribution in [1.82, 2.24) is 4.98 Å². The van der Waals surface area contributed by atoms with Crippen molar-refractivity contribution in [2.45, 2.75) is 74.7 Å². The van der Waals surface area contributed by atoms with Crippen LogP contribution in [-0.4, -0.2) is 27.7 Å². The second-order valence-corrected chi connectivity index (χ2v) is 9.92. The van der Waals surface area contributed by atoms with Crippen LogP contribution in [0.2, 0.25) is 0 Å². The average Bonchev–Trinajstić information content (AvgIpc) is 2.68. The fourth-order valence-corrected chi connectivity index (χ4v) is 3.64. The highest BCUT2D eigenvalue weighted by atomic mass is 16.5. The number of nitrogens with one attached hydrogen (secondary N) is 2. The van der Waals surface area contributed by atoms with Crippen molar-refractivity contribution in [1.29, 1.82) is 0 Å². The number of pyridine rings is 1. The van der Waals surface area contributed by atoms with Crippen LogP contribution < -0.4 is 15.6 Å². The zero-order valence-corrected chi connectivity index (χ0v) is 19.3. The second kappa shape index (κ2) is 11.3. The quantitative estimate of drug-likeness (QED) is 0.272. The Kier molecular flexibility index (Phi) is 10.2. The van der Waals surface area contributed by atoms with Crippen LogP contribution in [0, 0.1) is 0 Å². The standard InChI is InChI=1S/C13H15NO2.C12H15NO3.3CH4/c1-13(2,3)9-5-6-10(15)12-8(9)4-7-11(16)14-12;1-12(2,3)7-4-5-8(14)10-11(7)16-6-9(15)13-10;;;/h4-7,15H,1-3H3,(H,14,16);4-5,14H,6H2,1-3H3,(H,13,15);3*1H4. The van der Waals surface area contributed by atoms with Crippen molar-refractivity contribution in [3.63, 3.8) is 0 Å². The summed E-state index contributed by atoms with van der Waals surface area (Å²) in [4.78, 5) is 25.1. The molecule has 2 heterocycles. The molecule has 7 nitrogen and oxygen atoms in total. The minimum atomic E-state index is -0.242. The number of benzene rings is 2. The molecule has 0 atom stereocenters. The average molecular weight is 487 g/mol. The summed E-state index contributed by atoms with van der Waals surface area (Å²) in [7, 11) is 0. The van der Waals surface area contributed by atoms with E-state index in [0.717, 1.165) is 16.5 Å². The summed E-state index contributed by atoms with van der Waals surface area (Å²) < 4.78 is 5.40. The predicted octanol–water partition coefficient (Wildman–Crippen LogP) is 6.46. The number of H-pyrrole nitrogens is 1. The molecule has 3 aromatic rings. The van der Waals surface area contributed by atoms with Gasteiger partial charge < -0.3 is 25.3 Å². The molecule has 4 rings (SSSR count). The second-order valence-electron chi connectivity index (χ2n) is 9.92. The van der Waals surface area contributed by atoms with E-state index in [9.17, 15) is 19.8 Å². The maximum Gasteiger partial charge on any atom is 0.262 e. The van der Waals surface area contributed by atoms with Gasteiger partial charge in [0.05, 0.1) is 5.52 Å². The highest BCUT2D eigenvalue weighted by Gasteiger charge is 2.27. The third kappa shape index (κ3) is 6.78. The van der Waals surface area contributed by atoms with E-state index >= 15 is 0 Å². The van der Waals surface area contributed by atoms with Gasteiger partial charge in [-0.1, -0.05) is 76.0 Å². The Morgan fingerprint density at radius 3 is 1.89 bits per heavy atom. The predicted molar refractivity (Wildman–Crippen MR) is 146 cm³/mol. The number of fused-ring (bicyclic) bond motifs is 2. The molecule has 35 heavy (non-hydrogen) atoms. The molecule has 1 aromatic heterocycles. The zero-order valence-electron chi connectivity index (χ0n) is 19.3.